The highest BCUT2D eigenvalue weighted by atomic mass is 32.1. The maximum Gasteiger partial charge on any atom is 0.276 e. The van der Waals surface area contributed by atoms with E-state index in [1.54, 1.807) is 10.9 Å². The summed E-state index contributed by atoms with van der Waals surface area (Å²) in [6, 6.07) is 0.253. The summed E-state index contributed by atoms with van der Waals surface area (Å²) in [6.45, 7) is 4.91. The Labute approximate surface area is 148 Å². The van der Waals surface area contributed by atoms with E-state index in [-0.39, 0.29) is 11.6 Å². The summed E-state index contributed by atoms with van der Waals surface area (Å²) < 4.78 is 2.15. The van der Waals surface area contributed by atoms with Crippen LogP contribution in [0.15, 0.2) is 35.8 Å². The van der Waals surface area contributed by atoms with Crippen LogP contribution >= 0.6 is 11.3 Å². The molecule has 1 atom stereocenters. The van der Waals surface area contributed by atoms with Gasteiger partial charge in [-0.25, -0.2) is 15.0 Å². The Morgan fingerprint density at radius 3 is 2.92 bits per heavy atom. The van der Waals surface area contributed by atoms with Crippen molar-refractivity contribution in [2.24, 2.45) is 0 Å². The van der Waals surface area contributed by atoms with Crippen LogP contribution < -0.4 is 15.8 Å². The fourth-order valence-corrected chi connectivity index (χ4v) is 3.81. The van der Waals surface area contributed by atoms with E-state index in [1.807, 2.05) is 37.2 Å². The van der Waals surface area contributed by atoms with E-state index in [4.69, 9.17) is 0 Å². The molecular weight excluding hydrogens is 336 g/mol. The molecule has 128 valence electrons. The average Bonchev–Trinajstić information content (AvgIpc) is 3.02. The smallest absolute Gasteiger partial charge is 0.276 e. The van der Waals surface area contributed by atoms with E-state index in [0.29, 0.717) is 10.2 Å². The van der Waals surface area contributed by atoms with Crippen molar-refractivity contribution < 1.29 is 0 Å². The van der Waals surface area contributed by atoms with Gasteiger partial charge in [0.15, 0.2) is 0 Å². The van der Waals surface area contributed by atoms with Crippen LogP contribution in [0.2, 0.25) is 0 Å². The third-order valence-corrected chi connectivity index (χ3v) is 5.40. The van der Waals surface area contributed by atoms with Crippen LogP contribution in [-0.4, -0.2) is 39.2 Å². The van der Waals surface area contributed by atoms with Crippen LogP contribution in [0.3, 0.4) is 0 Å². The number of hydrogen-bond acceptors (Lipinski definition) is 7. The largest absolute Gasteiger partial charge is 0.383 e. The number of rotatable bonds is 3. The molecule has 1 N–H and O–H groups in total. The molecule has 0 fully saturated rings. The van der Waals surface area contributed by atoms with Crippen molar-refractivity contribution in [3.8, 4) is 0 Å². The Hall–Kier alpha value is -2.74. The molecule has 3 aromatic heterocycles. The Balaban J connectivity index is 1.96. The summed E-state index contributed by atoms with van der Waals surface area (Å²) in [6.07, 6.45) is 8.89. The number of dihydropyridines is 1. The molecule has 1 aliphatic rings. The lowest BCUT2D eigenvalue weighted by Crippen LogP contribution is -2.25. The van der Waals surface area contributed by atoms with Gasteiger partial charge in [0.25, 0.3) is 5.56 Å². The van der Waals surface area contributed by atoms with E-state index in [1.165, 1.54) is 17.7 Å². The first kappa shape index (κ1) is 15.8. The predicted molar refractivity (Wildman–Crippen MR) is 102 cm³/mol. The van der Waals surface area contributed by atoms with E-state index in [9.17, 15) is 4.79 Å². The van der Waals surface area contributed by atoms with Gasteiger partial charge >= 0.3 is 0 Å². The number of nitrogens with zero attached hydrogens (tertiary/aromatic N) is 5. The van der Waals surface area contributed by atoms with E-state index >= 15 is 0 Å². The van der Waals surface area contributed by atoms with Crippen molar-refractivity contribution in [1.82, 2.24) is 24.8 Å². The second kappa shape index (κ2) is 5.96. The summed E-state index contributed by atoms with van der Waals surface area (Å²) in [7, 11) is 1.97. The van der Waals surface area contributed by atoms with Crippen molar-refractivity contribution in [3.05, 3.63) is 41.4 Å². The molecule has 0 amide bonds. The first-order chi connectivity index (χ1) is 12.1. The molecule has 0 saturated heterocycles. The Morgan fingerprint density at radius 1 is 1.36 bits per heavy atom. The molecule has 1 aliphatic heterocycles. The highest BCUT2D eigenvalue weighted by Crippen LogP contribution is 2.34. The molecule has 3 aromatic rings. The number of allylic oxidation sites excluding steroid dienone is 2. The molecule has 1 unspecified atom stereocenters. The highest BCUT2D eigenvalue weighted by Gasteiger charge is 2.19. The number of hydrogen-bond donors (Lipinski definition) is 1. The molecule has 4 rings (SSSR count). The van der Waals surface area contributed by atoms with Crippen molar-refractivity contribution >= 4 is 43.3 Å². The first-order valence-corrected chi connectivity index (χ1v) is 8.92. The Morgan fingerprint density at radius 2 is 2.20 bits per heavy atom. The Kier molecular flexibility index (Phi) is 3.76. The molecule has 0 saturated carbocycles. The molecule has 8 heteroatoms. The zero-order chi connectivity index (χ0) is 17.6. The van der Waals surface area contributed by atoms with E-state index in [2.05, 4.69) is 27.2 Å². The second-order valence-electron chi connectivity index (χ2n) is 5.97. The van der Waals surface area contributed by atoms with Crippen molar-refractivity contribution in [2.45, 2.75) is 19.9 Å². The SMILES string of the molecule is CCN(C)c1ncnc2sc3c(=O)n(C4=CNC(C)C=C4)cnc3c12. The Bertz CT molecular complexity index is 1080. The minimum atomic E-state index is -0.0923. The van der Waals surface area contributed by atoms with Crippen LogP contribution in [-0.2, 0) is 0 Å². The topological polar surface area (TPSA) is 75.9 Å². The maximum absolute atomic E-state index is 13.0. The van der Waals surface area contributed by atoms with Crippen LogP contribution in [0.25, 0.3) is 26.1 Å². The van der Waals surface area contributed by atoms with Crippen molar-refractivity contribution in [2.75, 3.05) is 18.5 Å². The average molecular weight is 354 g/mol. The fraction of sp³-hybridized carbons (Fsp3) is 0.294. The molecule has 0 spiro atoms. The van der Waals surface area contributed by atoms with E-state index < -0.39 is 0 Å². The van der Waals surface area contributed by atoms with E-state index in [0.717, 1.165) is 28.3 Å². The maximum atomic E-state index is 13.0. The molecule has 4 heterocycles. The molecule has 0 aromatic carbocycles. The zero-order valence-electron chi connectivity index (χ0n) is 14.2. The van der Waals surface area contributed by atoms with Gasteiger partial charge in [0.2, 0.25) is 0 Å². The molecule has 0 aliphatic carbocycles. The monoisotopic (exact) mass is 354 g/mol. The normalized spacial score (nSPS) is 16.9. The van der Waals surface area contributed by atoms with Gasteiger partial charge in [-0.05, 0) is 19.9 Å². The summed E-state index contributed by atoms with van der Waals surface area (Å²) >= 11 is 1.36. The molecular formula is C17H18N6OS. The highest BCUT2D eigenvalue weighted by molar-refractivity contribution is 7.25. The van der Waals surface area contributed by atoms with Crippen LogP contribution in [0.4, 0.5) is 5.82 Å². The minimum absolute atomic E-state index is 0.0923. The van der Waals surface area contributed by atoms with Gasteiger partial charge in [-0.1, -0.05) is 6.08 Å². The fourth-order valence-electron chi connectivity index (χ4n) is 2.79. The second-order valence-corrected chi connectivity index (χ2v) is 6.97. The minimum Gasteiger partial charge on any atom is -0.383 e. The van der Waals surface area contributed by atoms with Gasteiger partial charge in [-0.15, -0.1) is 11.3 Å². The first-order valence-electron chi connectivity index (χ1n) is 8.11. The third-order valence-electron chi connectivity index (χ3n) is 4.32. The van der Waals surface area contributed by atoms with Crippen molar-refractivity contribution in [3.63, 3.8) is 0 Å². The lowest BCUT2D eigenvalue weighted by atomic mass is 10.2. The summed E-state index contributed by atoms with van der Waals surface area (Å²) in [5, 5.41) is 4.05. The number of nitrogens with one attached hydrogen (secondary N) is 1. The standard InChI is InChI=1S/C17H18N6OS/c1-4-22(3)15-12-13-14(25-16(12)20-8-19-15)17(24)23(9-21-13)11-6-5-10(2)18-7-11/h5-10,18H,4H2,1-3H3. The van der Waals surface area contributed by atoms with Gasteiger partial charge in [-0.3, -0.25) is 9.36 Å². The quantitative estimate of drug-likeness (QED) is 0.777. The zero-order valence-corrected chi connectivity index (χ0v) is 15.0. The van der Waals surface area contributed by atoms with Crippen LogP contribution in [0, 0.1) is 0 Å². The number of thiophene rings is 1. The van der Waals surface area contributed by atoms with Gasteiger partial charge in [0.1, 0.15) is 33.5 Å². The summed E-state index contributed by atoms with van der Waals surface area (Å²) in [4.78, 5) is 29.1. The summed E-state index contributed by atoms with van der Waals surface area (Å²) in [5.74, 6) is 0.802. The molecule has 0 bridgehead atoms. The number of fused-ring (bicyclic) bond motifs is 3. The lowest BCUT2D eigenvalue weighted by molar-refractivity contribution is 0.755. The number of anilines is 1. The van der Waals surface area contributed by atoms with Gasteiger partial charge in [-0.2, -0.15) is 0 Å². The number of aromatic nitrogens is 4. The summed E-state index contributed by atoms with van der Waals surface area (Å²) in [5.41, 5.74) is 1.34. The molecule has 25 heavy (non-hydrogen) atoms. The van der Waals surface area contributed by atoms with Gasteiger partial charge in [0, 0.05) is 25.8 Å². The van der Waals surface area contributed by atoms with Crippen molar-refractivity contribution in [1.29, 1.82) is 0 Å². The van der Waals surface area contributed by atoms with Gasteiger partial charge in [0.05, 0.1) is 11.1 Å². The third kappa shape index (κ3) is 2.49. The van der Waals surface area contributed by atoms with Crippen LogP contribution in [0.1, 0.15) is 13.8 Å². The van der Waals surface area contributed by atoms with Crippen LogP contribution in [0.5, 0.6) is 0 Å². The molecule has 0 radical (unpaired) electrons. The predicted octanol–water partition coefficient (Wildman–Crippen LogP) is 2.20. The molecule has 7 nitrogen and oxygen atoms in total. The lowest BCUT2D eigenvalue weighted by Gasteiger charge is -2.16. The van der Waals surface area contributed by atoms with Gasteiger partial charge < -0.3 is 10.2 Å².